The van der Waals surface area contributed by atoms with Gasteiger partial charge >= 0.3 is 12.1 Å². The van der Waals surface area contributed by atoms with Crippen LogP contribution < -0.4 is 0 Å². The molecule has 1 aromatic carbocycles. The summed E-state index contributed by atoms with van der Waals surface area (Å²) >= 11 is 0. The number of hydrogen-bond acceptors (Lipinski definition) is 6. The second-order valence-electron chi connectivity index (χ2n) is 15.1. The predicted molar refractivity (Wildman–Crippen MR) is 157 cm³/mol. The number of piperidine rings is 3. The summed E-state index contributed by atoms with van der Waals surface area (Å²) in [6, 6.07) is 3.82. The molecule has 0 amide bonds. The number of esters is 1. The molecule has 1 aromatic rings. The van der Waals surface area contributed by atoms with Crippen LogP contribution in [0.1, 0.15) is 89.0 Å². The van der Waals surface area contributed by atoms with Crippen LogP contribution in [-0.2, 0) is 25.7 Å². The van der Waals surface area contributed by atoms with Crippen molar-refractivity contribution in [3.8, 4) is 0 Å². The minimum absolute atomic E-state index is 0.117. The van der Waals surface area contributed by atoms with Gasteiger partial charge in [-0.15, -0.1) is 0 Å². The van der Waals surface area contributed by atoms with E-state index in [1.54, 1.807) is 4.31 Å². The second-order valence-corrected chi connectivity index (χ2v) is 17.0. The molecule has 4 saturated carbocycles. The summed E-state index contributed by atoms with van der Waals surface area (Å²) in [5.74, 6) is 1.07. The van der Waals surface area contributed by atoms with Crippen LogP contribution in [0.3, 0.4) is 0 Å². The van der Waals surface area contributed by atoms with Crippen LogP contribution in [0.15, 0.2) is 29.2 Å². The zero-order valence-corrected chi connectivity index (χ0v) is 26.1. The maximum atomic E-state index is 14.0. The fraction of sp³-hybridized carbons (Fsp3) is 0.788. The van der Waals surface area contributed by atoms with Crippen LogP contribution in [0.2, 0.25) is 0 Å². The lowest BCUT2D eigenvalue weighted by atomic mass is 9.48. The summed E-state index contributed by atoms with van der Waals surface area (Å²) in [5, 5.41) is 11.0. The lowest BCUT2D eigenvalue weighted by Crippen LogP contribution is -2.65. The SMILES string of the molecule is O=C(CCC[C@@H]1[C@H]2CCCN3CCC[C@@H](CN1S(=O)(=O)c1ccc(C(F)(F)F)cc1)[C@@H]23)OCC12CC3CC(CC(O)(C3)C1)C2. The van der Waals surface area contributed by atoms with Gasteiger partial charge in [0, 0.05) is 30.5 Å². The van der Waals surface area contributed by atoms with E-state index in [0.29, 0.717) is 50.3 Å². The highest BCUT2D eigenvalue weighted by atomic mass is 32.2. The Morgan fingerprint density at radius 1 is 1.02 bits per heavy atom. The summed E-state index contributed by atoms with van der Waals surface area (Å²) < 4.78 is 75.1. The molecular weight excluding hydrogens is 593 g/mol. The van der Waals surface area contributed by atoms with E-state index in [-0.39, 0.29) is 40.6 Å². The van der Waals surface area contributed by atoms with E-state index in [2.05, 4.69) is 4.90 Å². The molecule has 0 aromatic heterocycles. The van der Waals surface area contributed by atoms with E-state index in [4.69, 9.17) is 4.74 Å². The van der Waals surface area contributed by atoms with E-state index < -0.39 is 27.4 Å². The Hall–Kier alpha value is -1.69. The highest BCUT2D eigenvalue weighted by molar-refractivity contribution is 7.89. The Kier molecular flexibility index (Phi) is 7.90. The van der Waals surface area contributed by atoms with Crippen LogP contribution in [0.5, 0.6) is 0 Å². The minimum atomic E-state index is -4.54. The van der Waals surface area contributed by atoms with Crippen molar-refractivity contribution in [2.75, 3.05) is 26.2 Å². The fourth-order valence-corrected chi connectivity index (χ4v) is 12.6. The van der Waals surface area contributed by atoms with Gasteiger partial charge in [0.05, 0.1) is 22.7 Å². The Labute approximate surface area is 258 Å². The quantitative estimate of drug-likeness (QED) is 0.373. The summed E-state index contributed by atoms with van der Waals surface area (Å²) in [4.78, 5) is 15.4. The van der Waals surface area contributed by atoms with Crippen molar-refractivity contribution in [3.63, 3.8) is 0 Å². The molecule has 0 spiro atoms. The van der Waals surface area contributed by atoms with Crippen molar-refractivity contribution in [1.29, 1.82) is 0 Å². The first-order chi connectivity index (χ1) is 20.8. The number of ether oxygens (including phenoxy) is 1. The third-order valence-electron chi connectivity index (χ3n) is 12.0. The Balaban J connectivity index is 1.04. The van der Waals surface area contributed by atoms with Gasteiger partial charge < -0.3 is 9.84 Å². The molecule has 6 atom stereocenters. The molecule has 1 N–H and O–H groups in total. The molecule has 4 bridgehead atoms. The van der Waals surface area contributed by atoms with E-state index in [1.165, 1.54) is 6.42 Å². The van der Waals surface area contributed by atoms with Crippen LogP contribution in [0.4, 0.5) is 13.2 Å². The maximum absolute atomic E-state index is 14.0. The smallest absolute Gasteiger partial charge is 0.416 e. The van der Waals surface area contributed by atoms with Crippen LogP contribution in [-0.4, -0.2) is 72.6 Å². The zero-order chi connectivity index (χ0) is 30.9. The van der Waals surface area contributed by atoms with Crippen LogP contribution >= 0.6 is 0 Å². The molecule has 44 heavy (non-hydrogen) atoms. The number of benzene rings is 1. The molecule has 2 unspecified atom stereocenters. The number of alkyl halides is 3. The molecule has 7 nitrogen and oxygen atoms in total. The number of halogens is 3. The lowest BCUT2D eigenvalue weighted by Gasteiger charge is -2.59. The number of rotatable bonds is 8. The van der Waals surface area contributed by atoms with Gasteiger partial charge in [0.1, 0.15) is 0 Å². The maximum Gasteiger partial charge on any atom is 0.416 e. The number of hydrogen-bond donors (Lipinski definition) is 1. The Bertz CT molecular complexity index is 1340. The molecule has 4 aliphatic carbocycles. The third-order valence-corrected chi connectivity index (χ3v) is 13.9. The molecule has 3 aliphatic heterocycles. The summed E-state index contributed by atoms with van der Waals surface area (Å²) in [5.41, 5.74) is -1.60. The molecular formula is C33H45F3N2O5S. The first-order valence-electron chi connectivity index (χ1n) is 16.7. The van der Waals surface area contributed by atoms with Crippen LogP contribution in [0, 0.1) is 29.1 Å². The minimum Gasteiger partial charge on any atom is -0.465 e. The molecule has 7 aliphatic rings. The van der Waals surface area contributed by atoms with Gasteiger partial charge in [-0.2, -0.15) is 17.5 Å². The van der Waals surface area contributed by atoms with E-state index in [1.807, 2.05) is 0 Å². The van der Waals surface area contributed by atoms with Gasteiger partial charge in [0.25, 0.3) is 0 Å². The van der Waals surface area contributed by atoms with Crippen molar-refractivity contribution in [3.05, 3.63) is 29.8 Å². The highest BCUT2D eigenvalue weighted by Crippen LogP contribution is 2.61. The highest BCUT2D eigenvalue weighted by Gasteiger charge is 2.57. The van der Waals surface area contributed by atoms with Crippen molar-refractivity contribution >= 4 is 16.0 Å². The first-order valence-corrected chi connectivity index (χ1v) is 18.1. The number of sulfonamides is 1. The van der Waals surface area contributed by atoms with Gasteiger partial charge in [-0.3, -0.25) is 9.69 Å². The van der Waals surface area contributed by atoms with Gasteiger partial charge in [-0.25, -0.2) is 8.42 Å². The van der Waals surface area contributed by atoms with Gasteiger partial charge in [-0.05, 0) is 138 Å². The van der Waals surface area contributed by atoms with Gasteiger partial charge in [0.15, 0.2) is 0 Å². The molecule has 3 heterocycles. The topological polar surface area (TPSA) is 87.2 Å². The van der Waals surface area contributed by atoms with Crippen molar-refractivity contribution in [2.45, 2.75) is 112 Å². The third kappa shape index (κ3) is 5.72. The zero-order valence-electron chi connectivity index (χ0n) is 25.3. The van der Waals surface area contributed by atoms with Crippen molar-refractivity contribution < 1.29 is 36.2 Å². The number of carbonyl (C=O) groups is 1. The molecule has 244 valence electrons. The van der Waals surface area contributed by atoms with Crippen molar-refractivity contribution in [1.82, 2.24) is 9.21 Å². The molecule has 8 rings (SSSR count). The number of aliphatic hydroxyl groups is 1. The molecule has 11 heteroatoms. The van der Waals surface area contributed by atoms with E-state index in [0.717, 1.165) is 88.7 Å². The molecule has 0 radical (unpaired) electrons. The van der Waals surface area contributed by atoms with Crippen molar-refractivity contribution in [2.24, 2.45) is 29.1 Å². The van der Waals surface area contributed by atoms with Gasteiger partial charge in [-0.1, -0.05) is 0 Å². The average molecular weight is 639 g/mol. The normalized spacial score (nSPS) is 38.8. The summed E-state index contributed by atoms with van der Waals surface area (Å²) in [6.45, 7) is 2.73. The first kappa shape index (κ1) is 30.9. The fourth-order valence-electron chi connectivity index (χ4n) is 10.9. The second kappa shape index (κ2) is 11.2. The number of nitrogens with zero attached hydrogens (tertiary/aromatic N) is 2. The predicted octanol–water partition coefficient (Wildman–Crippen LogP) is 5.61. The molecule has 7 fully saturated rings. The lowest BCUT2D eigenvalue weighted by molar-refractivity contribution is -0.186. The molecule has 3 saturated heterocycles. The standard InChI is InChI=1S/C33H45F3N2O5S/c34-33(35,36)25-8-10-26(11-9-25)44(41,42)38-19-24-4-2-12-37-13-3-5-27(30(24)37)28(38)6-1-7-29(39)43-21-31-15-22-14-23(16-31)18-32(40,17-22)20-31/h8-11,22-24,27-28,30,40H,1-7,12-21H2/t22?,23?,24-,27+,28+,30-,31?,32?/m0/s1. The summed E-state index contributed by atoms with van der Waals surface area (Å²) in [7, 11) is -4.05. The van der Waals surface area contributed by atoms with E-state index in [9.17, 15) is 31.5 Å². The Morgan fingerprint density at radius 3 is 2.36 bits per heavy atom. The average Bonchev–Trinajstić information content (AvgIpc) is 2.95. The monoisotopic (exact) mass is 638 g/mol. The van der Waals surface area contributed by atoms with Crippen LogP contribution in [0.25, 0.3) is 0 Å². The van der Waals surface area contributed by atoms with Gasteiger partial charge in [0.2, 0.25) is 10.0 Å². The van der Waals surface area contributed by atoms with E-state index >= 15 is 0 Å². The summed E-state index contributed by atoms with van der Waals surface area (Å²) in [6.07, 6.45) is 6.12. The number of carbonyl (C=O) groups excluding carboxylic acids is 1. The Morgan fingerprint density at radius 2 is 1.70 bits per heavy atom. The largest absolute Gasteiger partial charge is 0.465 e.